The molecular weight excluding hydrogens is 318 g/mol. The molecule has 3 nitrogen and oxygen atoms in total. The van der Waals surface area contributed by atoms with E-state index in [4.69, 9.17) is 9.47 Å². The summed E-state index contributed by atoms with van der Waals surface area (Å²) in [6.07, 6.45) is 0. The monoisotopic (exact) mass is 335 g/mol. The molecule has 2 aromatic rings. The maximum absolute atomic E-state index is 5.89. The highest BCUT2D eigenvalue weighted by molar-refractivity contribution is 9.10. The molecule has 0 saturated heterocycles. The molecule has 0 heterocycles. The molecule has 0 saturated carbocycles. The van der Waals surface area contributed by atoms with Crippen LogP contribution in [0.2, 0.25) is 0 Å². The van der Waals surface area contributed by atoms with Gasteiger partial charge in [0.05, 0.1) is 7.11 Å². The summed E-state index contributed by atoms with van der Waals surface area (Å²) in [7, 11) is 3.57. The molecule has 0 aliphatic rings. The van der Waals surface area contributed by atoms with Crippen LogP contribution in [-0.4, -0.2) is 14.2 Å². The summed E-state index contributed by atoms with van der Waals surface area (Å²) in [5, 5.41) is 3.13. The number of ether oxygens (including phenoxy) is 2. The number of nitrogens with one attached hydrogen (secondary N) is 1. The molecular formula is C16H18BrNO2. The van der Waals surface area contributed by atoms with Crippen LogP contribution in [0.15, 0.2) is 40.9 Å². The topological polar surface area (TPSA) is 30.5 Å². The second kappa shape index (κ2) is 6.77. The normalized spacial score (nSPS) is 10.4. The predicted octanol–water partition coefficient (Wildman–Crippen LogP) is 4.28. The lowest BCUT2D eigenvalue weighted by molar-refractivity contribution is 0.378. The van der Waals surface area contributed by atoms with E-state index in [1.165, 1.54) is 5.56 Å². The Hall–Kier alpha value is -1.52. The number of halogens is 1. The highest BCUT2D eigenvalue weighted by Gasteiger charge is 2.07. The molecule has 0 spiro atoms. The zero-order valence-electron chi connectivity index (χ0n) is 11.9. The zero-order valence-corrected chi connectivity index (χ0v) is 13.5. The van der Waals surface area contributed by atoms with Crippen LogP contribution >= 0.6 is 15.9 Å². The fourth-order valence-corrected chi connectivity index (χ4v) is 2.41. The van der Waals surface area contributed by atoms with Crippen molar-refractivity contribution in [3.8, 4) is 17.2 Å². The van der Waals surface area contributed by atoms with Gasteiger partial charge in [0.2, 0.25) is 0 Å². The van der Waals surface area contributed by atoms with Crippen LogP contribution in [0.4, 0.5) is 0 Å². The first-order chi connectivity index (χ1) is 9.63. The number of methoxy groups -OCH3 is 1. The van der Waals surface area contributed by atoms with E-state index in [2.05, 4.69) is 21.2 Å². The van der Waals surface area contributed by atoms with Gasteiger partial charge in [-0.3, -0.25) is 0 Å². The summed E-state index contributed by atoms with van der Waals surface area (Å²) in [5.41, 5.74) is 2.33. The Kier molecular flexibility index (Phi) is 5.04. The number of benzene rings is 2. The van der Waals surface area contributed by atoms with E-state index in [0.29, 0.717) is 5.75 Å². The average molecular weight is 336 g/mol. The lowest BCUT2D eigenvalue weighted by atomic mass is 10.2. The van der Waals surface area contributed by atoms with Crippen molar-refractivity contribution in [2.24, 2.45) is 0 Å². The average Bonchev–Trinajstić information content (AvgIpc) is 2.44. The lowest BCUT2D eigenvalue weighted by Crippen LogP contribution is -2.05. The molecule has 1 N–H and O–H groups in total. The minimum Gasteiger partial charge on any atom is -0.493 e. The molecule has 0 bridgehead atoms. The molecule has 0 unspecified atom stereocenters. The first-order valence-corrected chi connectivity index (χ1v) is 7.19. The second-order valence-electron chi connectivity index (χ2n) is 4.54. The standard InChI is InChI=1S/C16H18BrNO2/c1-11-4-7-15(16(8-11)19-3)20-13-6-5-12(10-18-2)14(17)9-13/h4-9,18H,10H2,1-3H3. The van der Waals surface area contributed by atoms with Gasteiger partial charge in [-0.1, -0.05) is 28.1 Å². The van der Waals surface area contributed by atoms with Gasteiger partial charge in [0.1, 0.15) is 5.75 Å². The summed E-state index contributed by atoms with van der Waals surface area (Å²) in [6.45, 7) is 2.84. The first kappa shape index (κ1) is 14.9. The third kappa shape index (κ3) is 3.52. The molecule has 0 aliphatic carbocycles. The van der Waals surface area contributed by atoms with Crippen molar-refractivity contribution in [3.05, 3.63) is 52.0 Å². The Morgan fingerprint density at radius 2 is 1.90 bits per heavy atom. The molecule has 0 aromatic heterocycles. The first-order valence-electron chi connectivity index (χ1n) is 6.39. The van der Waals surface area contributed by atoms with E-state index in [9.17, 15) is 0 Å². The third-order valence-electron chi connectivity index (χ3n) is 2.94. The third-order valence-corrected chi connectivity index (χ3v) is 3.68. The maximum atomic E-state index is 5.89. The van der Waals surface area contributed by atoms with Gasteiger partial charge in [-0.2, -0.15) is 0 Å². The Labute approximate surface area is 128 Å². The highest BCUT2D eigenvalue weighted by Crippen LogP contribution is 2.33. The molecule has 0 fully saturated rings. The highest BCUT2D eigenvalue weighted by atomic mass is 79.9. The van der Waals surface area contributed by atoms with E-state index in [1.807, 2.05) is 50.4 Å². The fraction of sp³-hybridized carbons (Fsp3) is 0.250. The largest absolute Gasteiger partial charge is 0.493 e. The molecule has 0 atom stereocenters. The van der Waals surface area contributed by atoms with Crippen LogP contribution in [0.5, 0.6) is 17.2 Å². The molecule has 0 aliphatic heterocycles. The van der Waals surface area contributed by atoms with E-state index in [-0.39, 0.29) is 0 Å². The van der Waals surface area contributed by atoms with Gasteiger partial charge < -0.3 is 14.8 Å². The molecule has 106 valence electrons. The van der Waals surface area contributed by atoms with E-state index < -0.39 is 0 Å². The van der Waals surface area contributed by atoms with Crippen LogP contribution in [-0.2, 0) is 6.54 Å². The van der Waals surface area contributed by atoms with Gasteiger partial charge in [-0.25, -0.2) is 0 Å². The minimum atomic E-state index is 0.714. The summed E-state index contributed by atoms with van der Waals surface area (Å²) < 4.78 is 12.3. The van der Waals surface area contributed by atoms with Gasteiger partial charge in [-0.05, 0) is 49.4 Å². The van der Waals surface area contributed by atoms with Crippen molar-refractivity contribution in [2.75, 3.05) is 14.2 Å². The Morgan fingerprint density at radius 1 is 1.10 bits per heavy atom. The zero-order chi connectivity index (χ0) is 14.5. The fourth-order valence-electron chi connectivity index (χ4n) is 1.91. The Morgan fingerprint density at radius 3 is 2.55 bits per heavy atom. The summed E-state index contributed by atoms with van der Waals surface area (Å²) in [6, 6.07) is 11.8. The van der Waals surface area contributed by atoms with Gasteiger partial charge >= 0.3 is 0 Å². The molecule has 4 heteroatoms. The smallest absolute Gasteiger partial charge is 0.169 e. The minimum absolute atomic E-state index is 0.714. The van der Waals surface area contributed by atoms with E-state index in [0.717, 1.165) is 28.1 Å². The van der Waals surface area contributed by atoms with Crippen LogP contribution < -0.4 is 14.8 Å². The predicted molar refractivity (Wildman–Crippen MR) is 84.7 cm³/mol. The molecule has 20 heavy (non-hydrogen) atoms. The number of hydrogen-bond donors (Lipinski definition) is 1. The van der Waals surface area contributed by atoms with Crippen molar-refractivity contribution in [1.82, 2.24) is 5.32 Å². The molecule has 2 rings (SSSR count). The molecule has 0 amide bonds. The molecule has 2 aromatic carbocycles. The van der Waals surface area contributed by atoms with E-state index >= 15 is 0 Å². The summed E-state index contributed by atoms with van der Waals surface area (Å²) >= 11 is 3.56. The Bertz CT molecular complexity index is 599. The van der Waals surface area contributed by atoms with E-state index in [1.54, 1.807) is 7.11 Å². The van der Waals surface area contributed by atoms with Crippen LogP contribution in [0.3, 0.4) is 0 Å². The van der Waals surface area contributed by atoms with Gasteiger partial charge in [0.15, 0.2) is 11.5 Å². The van der Waals surface area contributed by atoms with Crippen LogP contribution in [0.25, 0.3) is 0 Å². The number of aryl methyl sites for hydroxylation is 1. The number of hydrogen-bond acceptors (Lipinski definition) is 3. The van der Waals surface area contributed by atoms with Crippen molar-refractivity contribution in [1.29, 1.82) is 0 Å². The quantitative estimate of drug-likeness (QED) is 0.884. The summed E-state index contributed by atoms with van der Waals surface area (Å²) in [4.78, 5) is 0. The van der Waals surface area contributed by atoms with Crippen molar-refractivity contribution >= 4 is 15.9 Å². The maximum Gasteiger partial charge on any atom is 0.169 e. The SMILES string of the molecule is CNCc1ccc(Oc2ccc(C)cc2OC)cc1Br. The van der Waals surface area contributed by atoms with Crippen LogP contribution in [0.1, 0.15) is 11.1 Å². The number of rotatable bonds is 5. The van der Waals surface area contributed by atoms with Gasteiger partial charge in [0.25, 0.3) is 0 Å². The summed E-state index contributed by atoms with van der Waals surface area (Å²) in [5.74, 6) is 2.23. The molecule has 0 radical (unpaired) electrons. The lowest BCUT2D eigenvalue weighted by Gasteiger charge is -2.12. The second-order valence-corrected chi connectivity index (χ2v) is 5.39. The van der Waals surface area contributed by atoms with Gasteiger partial charge in [0, 0.05) is 11.0 Å². The van der Waals surface area contributed by atoms with Gasteiger partial charge in [-0.15, -0.1) is 0 Å². The van der Waals surface area contributed by atoms with Crippen LogP contribution in [0, 0.1) is 6.92 Å². The van der Waals surface area contributed by atoms with Crippen molar-refractivity contribution < 1.29 is 9.47 Å². The Balaban J connectivity index is 2.24. The van der Waals surface area contributed by atoms with Crippen molar-refractivity contribution in [3.63, 3.8) is 0 Å². The van der Waals surface area contributed by atoms with Crippen molar-refractivity contribution in [2.45, 2.75) is 13.5 Å².